The van der Waals surface area contributed by atoms with E-state index in [1.165, 1.54) is 60.7 Å². The summed E-state index contributed by atoms with van der Waals surface area (Å²) in [6.07, 6.45) is 0. The zero-order valence-electron chi connectivity index (χ0n) is 29.8. The van der Waals surface area contributed by atoms with Crippen LogP contribution in [-0.4, -0.2) is 72.2 Å². The van der Waals surface area contributed by atoms with Gasteiger partial charge in [-0.25, -0.2) is 18.9 Å². The molecule has 0 atom stereocenters. The van der Waals surface area contributed by atoms with Crippen molar-refractivity contribution in [3.8, 4) is 0 Å². The van der Waals surface area contributed by atoms with Gasteiger partial charge >= 0.3 is 0 Å². The maximum absolute atomic E-state index is 12.6. The number of nitrogens with zero attached hydrogens (tertiary/aromatic N) is 7. The number of hydrogen-bond acceptors (Lipinski definition) is 26. The van der Waals surface area contributed by atoms with E-state index in [4.69, 9.17) is 37.8 Å². The Labute approximate surface area is 357 Å². The topological polar surface area (TPSA) is 394 Å². The summed E-state index contributed by atoms with van der Waals surface area (Å²) >= 11 is 6.85. The molecular formula is C29H26ClN11O15S5. The molecule has 61 heavy (non-hydrogen) atoms. The lowest BCUT2D eigenvalue weighted by molar-refractivity contribution is -0.434. The van der Waals surface area contributed by atoms with Crippen LogP contribution in [-0.2, 0) is 53.0 Å². The summed E-state index contributed by atoms with van der Waals surface area (Å²) in [6, 6.07) is 15.3. The van der Waals surface area contributed by atoms with Crippen LogP contribution in [0.25, 0.3) is 0 Å². The number of hydrogen-bond donors (Lipinski definition) is 8. The number of nitrogens with two attached hydrogens (primary N) is 2. The molecule has 0 saturated heterocycles. The van der Waals surface area contributed by atoms with Crippen molar-refractivity contribution < 1.29 is 67.8 Å². The summed E-state index contributed by atoms with van der Waals surface area (Å²) in [4.78, 5) is 10.8. The van der Waals surface area contributed by atoms with Crippen LogP contribution in [0.5, 0.6) is 0 Å². The zero-order valence-corrected chi connectivity index (χ0v) is 34.7. The predicted molar refractivity (Wildman–Crippen MR) is 215 cm³/mol. The first kappa shape index (κ1) is 46.8. The molecule has 1 heterocycles. The monoisotopic (exact) mass is 963 g/mol. The largest absolute Gasteiger partial charge is 0.396 e. The number of halogens is 1. The Bertz CT molecular complexity index is 2790. The molecule has 0 aliphatic carbocycles. The second-order valence-corrected chi connectivity index (χ2v) is 17.7. The molecule has 0 unspecified atom stereocenters. The second-order valence-electron chi connectivity index (χ2n) is 11.2. The van der Waals surface area contributed by atoms with Gasteiger partial charge in [0.1, 0.15) is 32.5 Å². The van der Waals surface area contributed by atoms with E-state index in [0.717, 1.165) is 12.1 Å². The van der Waals surface area contributed by atoms with Gasteiger partial charge in [-0.3, -0.25) is 13.3 Å². The van der Waals surface area contributed by atoms with Crippen LogP contribution in [0.4, 0.5) is 57.4 Å². The van der Waals surface area contributed by atoms with Crippen molar-refractivity contribution in [1.82, 2.24) is 15.0 Å². The maximum atomic E-state index is 12.6. The van der Waals surface area contributed by atoms with Gasteiger partial charge in [-0.2, -0.15) is 31.8 Å². The predicted octanol–water partition coefficient (Wildman–Crippen LogP) is 6.70. The molecular weight excluding hydrogens is 938 g/mol. The molecule has 4 aromatic carbocycles. The van der Waals surface area contributed by atoms with E-state index >= 15 is 0 Å². The summed E-state index contributed by atoms with van der Waals surface area (Å²) in [5.74, 6) is -0.607. The molecule has 10 N–H and O–H groups in total. The Kier molecular flexibility index (Phi) is 15.8. The highest BCUT2D eigenvalue weighted by atomic mass is 35.5. The van der Waals surface area contributed by atoms with Crippen LogP contribution in [0.1, 0.15) is 0 Å². The molecule has 0 fully saturated rings. The fourth-order valence-corrected chi connectivity index (χ4v) is 7.87. The molecule has 0 aliphatic heterocycles. The average molecular weight is 964 g/mol. The molecule has 5 rings (SSSR count). The Hall–Kier alpha value is -5.23. The Morgan fingerprint density at radius 3 is 1.95 bits per heavy atom. The fraction of sp³-hybridized carbons (Fsp3) is 0.0690. The minimum absolute atomic E-state index is 0.0325. The Morgan fingerprint density at radius 2 is 1.30 bits per heavy atom. The van der Waals surface area contributed by atoms with Gasteiger partial charge in [-0.05, 0) is 72.3 Å². The third kappa shape index (κ3) is 12.9. The maximum Gasteiger partial charge on any atom is 0.296 e. The minimum atomic E-state index is -5.07. The van der Waals surface area contributed by atoms with Crippen molar-refractivity contribution in [3.63, 3.8) is 0 Å². The van der Waals surface area contributed by atoms with E-state index in [0.29, 0.717) is 17.7 Å². The molecule has 324 valence electrons. The van der Waals surface area contributed by atoms with Gasteiger partial charge in [0.15, 0.2) is 22.2 Å². The summed E-state index contributed by atoms with van der Waals surface area (Å²) in [6.45, 7) is -0.281. The summed E-state index contributed by atoms with van der Waals surface area (Å²) < 4.78 is 106. The number of nitrogens with one attached hydrogen (secondary N) is 2. The van der Waals surface area contributed by atoms with Gasteiger partial charge in [0.05, 0.1) is 45.6 Å². The standard InChI is InChI=1S/C29H26ClN11O15S5/c30-27-35-28(33-15-5-8-17(9-6-15)59(44,45)12-11-52-58-56-54-43)37-29(36-27)34-16-7-10-21(57-55-53-42)19(13-16)39-41-26-24(31)20(14-23(25(26)32)61(49,50)51)40-38-18-3-1-2-4-22(18)60(46,47)48/h1-10,13-14,42-43H,11-12,31-32H2,(H,46,47,48)(H,49,50,51)(H2,33,34,35,36,37). The van der Waals surface area contributed by atoms with Crippen molar-refractivity contribution in [2.45, 2.75) is 19.6 Å². The molecule has 0 saturated carbocycles. The first-order valence-electron chi connectivity index (χ1n) is 15.8. The second kappa shape index (κ2) is 20.6. The Morgan fingerprint density at radius 1 is 0.689 bits per heavy atom. The van der Waals surface area contributed by atoms with Crippen molar-refractivity contribution >= 4 is 123 Å². The van der Waals surface area contributed by atoms with Gasteiger partial charge in [-0.1, -0.05) is 22.2 Å². The van der Waals surface area contributed by atoms with Crippen LogP contribution >= 0.6 is 36.0 Å². The van der Waals surface area contributed by atoms with Gasteiger partial charge < -0.3 is 22.1 Å². The number of azo groups is 2. The number of nitrogen functional groups attached to an aromatic ring is 2. The number of benzene rings is 4. The van der Waals surface area contributed by atoms with Gasteiger partial charge in [0, 0.05) is 11.4 Å². The van der Waals surface area contributed by atoms with Crippen LogP contribution < -0.4 is 22.1 Å². The van der Waals surface area contributed by atoms with E-state index < -0.39 is 68.4 Å². The molecule has 0 amide bonds. The van der Waals surface area contributed by atoms with Gasteiger partial charge in [0.2, 0.25) is 17.2 Å². The third-order valence-electron chi connectivity index (χ3n) is 7.25. The SMILES string of the molecule is Nc1c(N=Nc2ccccc2S(=O)(=O)O)cc(S(=O)(=O)O)c(N)c1N=Nc1cc(Nc2nc(Cl)nc(Nc3ccc(S(=O)(=O)CCOSOOO)cc3)n2)ccc1SOOO. The number of aromatic nitrogens is 3. The molecule has 26 nitrogen and oxygen atoms in total. The normalized spacial score (nSPS) is 12.3. The lowest BCUT2D eigenvalue weighted by Crippen LogP contribution is -2.11. The van der Waals surface area contributed by atoms with E-state index in [1.54, 1.807) is 0 Å². The van der Waals surface area contributed by atoms with Crippen LogP contribution in [0.3, 0.4) is 0 Å². The molecule has 0 spiro atoms. The van der Waals surface area contributed by atoms with Crippen LogP contribution in [0, 0.1) is 0 Å². The summed E-state index contributed by atoms with van der Waals surface area (Å²) in [7, 11) is -13.6. The fourth-order valence-electron chi connectivity index (χ4n) is 4.63. The van der Waals surface area contributed by atoms with Gasteiger partial charge in [0.25, 0.3) is 20.2 Å². The lowest BCUT2D eigenvalue weighted by atomic mass is 10.2. The molecule has 0 radical (unpaired) electrons. The summed E-state index contributed by atoms with van der Waals surface area (Å²) in [5.41, 5.74) is 10.3. The zero-order chi connectivity index (χ0) is 44.4. The van der Waals surface area contributed by atoms with Crippen LogP contribution in [0.15, 0.2) is 113 Å². The minimum Gasteiger partial charge on any atom is -0.396 e. The third-order valence-corrected chi connectivity index (χ3v) is 11.9. The van der Waals surface area contributed by atoms with E-state index in [1.807, 2.05) is 0 Å². The van der Waals surface area contributed by atoms with E-state index in [2.05, 4.69) is 64.8 Å². The molecule has 1 aromatic heterocycles. The molecule has 5 aromatic rings. The van der Waals surface area contributed by atoms with Crippen LogP contribution in [0.2, 0.25) is 5.28 Å². The van der Waals surface area contributed by atoms with E-state index in [9.17, 15) is 34.4 Å². The molecule has 0 bridgehead atoms. The lowest BCUT2D eigenvalue weighted by Gasteiger charge is -2.12. The molecule has 32 heteroatoms. The number of anilines is 6. The molecule has 0 aliphatic rings. The quantitative estimate of drug-likeness (QED) is 0.00764. The van der Waals surface area contributed by atoms with Crippen molar-refractivity contribution in [1.29, 1.82) is 0 Å². The van der Waals surface area contributed by atoms with Gasteiger partial charge in [-0.15, -0.1) is 29.1 Å². The van der Waals surface area contributed by atoms with Crippen molar-refractivity contribution in [3.05, 3.63) is 78.1 Å². The van der Waals surface area contributed by atoms with E-state index in [-0.39, 0.29) is 63.0 Å². The Balaban J connectivity index is 1.43. The summed E-state index contributed by atoms with van der Waals surface area (Å²) in [5, 5.41) is 45.0. The first-order valence-corrected chi connectivity index (χ1v) is 22.1. The first-order chi connectivity index (χ1) is 28.9. The smallest absolute Gasteiger partial charge is 0.296 e. The van der Waals surface area contributed by atoms with Crippen molar-refractivity contribution in [2.24, 2.45) is 20.5 Å². The highest BCUT2D eigenvalue weighted by Crippen LogP contribution is 2.44. The van der Waals surface area contributed by atoms with Crippen molar-refractivity contribution in [2.75, 3.05) is 34.5 Å². The number of sulfone groups is 1. The average Bonchev–Trinajstić information content (AvgIpc) is 3.19. The highest BCUT2D eigenvalue weighted by Gasteiger charge is 2.23. The number of rotatable bonds is 20. The highest BCUT2D eigenvalue weighted by molar-refractivity contribution is 7.94.